The van der Waals surface area contributed by atoms with Crippen LogP contribution in [-0.4, -0.2) is 21.7 Å². The van der Waals surface area contributed by atoms with Crippen LogP contribution >= 0.6 is 0 Å². The monoisotopic (exact) mass is 210 g/mol. The van der Waals surface area contributed by atoms with E-state index in [4.69, 9.17) is 5.73 Å². The summed E-state index contributed by atoms with van der Waals surface area (Å²) in [5, 5.41) is 6.69. The first-order valence-electron chi connectivity index (χ1n) is 5.09. The lowest BCUT2D eigenvalue weighted by atomic mass is 9.99. The van der Waals surface area contributed by atoms with Gasteiger partial charge in [0.2, 0.25) is 5.91 Å². The number of carbonyl (C=O) groups is 1. The number of carbonyl (C=O) groups excluding carboxylic acids is 1. The fourth-order valence-electron chi connectivity index (χ4n) is 1.22. The Bertz CT molecular complexity index is 334. The lowest BCUT2D eigenvalue weighted by Crippen LogP contribution is -2.40. The molecule has 1 aromatic rings. The number of aromatic nitrogens is 2. The Morgan fingerprint density at radius 2 is 2.40 bits per heavy atom. The van der Waals surface area contributed by atoms with Gasteiger partial charge in [0.1, 0.15) is 0 Å². The van der Waals surface area contributed by atoms with Crippen molar-refractivity contribution in [2.75, 3.05) is 5.32 Å². The minimum atomic E-state index is -0.463. The van der Waals surface area contributed by atoms with E-state index < -0.39 is 6.04 Å². The Balaban J connectivity index is 2.55. The molecular formula is C10H18N4O. The Kier molecular flexibility index (Phi) is 3.85. The molecule has 5 nitrogen and oxygen atoms in total. The standard InChI is InChI=1S/C10H18N4O/c1-4-7(2)9(11)10(15)13-8-5-12-14(3)6-8/h5-7,9H,4,11H2,1-3H3,(H,13,15)/t7-,9-/m0/s1. The topological polar surface area (TPSA) is 72.9 Å². The number of rotatable bonds is 4. The summed E-state index contributed by atoms with van der Waals surface area (Å²) in [5.74, 6) is 0.0269. The Hall–Kier alpha value is -1.36. The first kappa shape index (κ1) is 11.7. The van der Waals surface area contributed by atoms with Crippen LogP contribution in [0.25, 0.3) is 0 Å². The van der Waals surface area contributed by atoms with Gasteiger partial charge in [-0.2, -0.15) is 5.10 Å². The number of nitrogens with two attached hydrogens (primary N) is 1. The maximum atomic E-state index is 11.6. The van der Waals surface area contributed by atoms with Crippen molar-refractivity contribution in [3.05, 3.63) is 12.4 Å². The highest BCUT2D eigenvalue weighted by atomic mass is 16.2. The molecule has 0 aliphatic rings. The van der Waals surface area contributed by atoms with E-state index >= 15 is 0 Å². The molecular weight excluding hydrogens is 192 g/mol. The third-order valence-corrected chi connectivity index (χ3v) is 2.53. The third kappa shape index (κ3) is 3.06. The van der Waals surface area contributed by atoms with E-state index in [-0.39, 0.29) is 11.8 Å². The fourth-order valence-corrected chi connectivity index (χ4v) is 1.22. The normalized spacial score (nSPS) is 14.7. The smallest absolute Gasteiger partial charge is 0.241 e. The molecule has 3 N–H and O–H groups in total. The highest BCUT2D eigenvalue weighted by Crippen LogP contribution is 2.09. The zero-order chi connectivity index (χ0) is 11.4. The van der Waals surface area contributed by atoms with Crippen LogP contribution in [0, 0.1) is 5.92 Å². The van der Waals surface area contributed by atoms with E-state index in [0.29, 0.717) is 5.69 Å². The molecule has 2 atom stereocenters. The maximum absolute atomic E-state index is 11.6. The van der Waals surface area contributed by atoms with Crippen LogP contribution in [0.3, 0.4) is 0 Å². The van der Waals surface area contributed by atoms with E-state index in [1.165, 1.54) is 0 Å². The molecule has 1 rings (SSSR count). The molecule has 0 radical (unpaired) electrons. The Morgan fingerprint density at radius 3 is 2.87 bits per heavy atom. The predicted octanol–water partition coefficient (Wildman–Crippen LogP) is 0.732. The van der Waals surface area contributed by atoms with Crippen LogP contribution in [0.4, 0.5) is 5.69 Å². The number of aryl methyl sites for hydroxylation is 1. The van der Waals surface area contributed by atoms with Gasteiger partial charge in [0.25, 0.3) is 0 Å². The lowest BCUT2D eigenvalue weighted by molar-refractivity contribution is -0.118. The van der Waals surface area contributed by atoms with Crippen LogP contribution in [0.1, 0.15) is 20.3 Å². The summed E-state index contributed by atoms with van der Waals surface area (Å²) in [6.07, 6.45) is 4.23. The molecule has 15 heavy (non-hydrogen) atoms. The zero-order valence-electron chi connectivity index (χ0n) is 9.40. The molecule has 5 heteroatoms. The molecule has 0 spiro atoms. The van der Waals surface area contributed by atoms with E-state index in [1.807, 2.05) is 13.8 Å². The molecule has 0 aliphatic heterocycles. The minimum Gasteiger partial charge on any atom is -0.322 e. The lowest BCUT2D eigenvalue weighted by Gasteiger charge is -2.16. The average molecular weight is 210 g/mol. The second kappa shape index (κ2) is 4.93. The van der Waals surface area contributed by atoms with Crippen LogP contribution in [0.15, 0.2) is 12.4 Å². The van der Waals surface area contributed by atoms with Crippen molar-refractivity contribution < 1.29 is 4.79 Å². The number of nitrogens with one attached hydrogen (secondary N) is 1. The van der Waals surface area contributed by atoms with Crippen molar-refractivity contribution in [1.29, 1.82) is 0 Å². The van der Waals surface area contributed by atoms with Gasteiger partial charge in [0.15, 0.2) is 0 Å². The van der Waals surface area contributed by atoms with Crippen molar-refractivity contribution in [3.63, 3.8) is 0 Å². The molecule has 1 heterocycles. The fraction of sp³-hybridized carbons (Fsp3) is 0.600. The van der Waals surface area contributed by atoms with Crippen molar-refractivity contribution in [3.8, 4) is 0 Å². The summed E-state index contributed by atoms with van der Waals surface area (Å²) in [6.45, 7) is 3.98. The predicted molar refractivity (Wildman–Crippen MR) is 59.3 cm³/mol. The number of amides is 1. The van der Waals surface area contributed by atoms with Gasteiger partial charge >= 0.3 is 0 Å². The molecule has 0 saturated heterocycles. The van der Waals surface area contributed by atoms with Gasteiger partial charge in [-0.05, 0) is 5.92 Å². The van der Waals surface area contributed by atoms with E-state index in [9.17, 15) is 4.79 Å². The number of nitrogens with zero attached hydrogens (tertiary/aromatic N) is 2. The van der Waals surface area contributed by atoms with Crippen LogP contribution in [-0.2, 0) is 11.8 Å². The number of hydrogen-bond acceptors (Lipinski definition) is 3. The minimum absolute atomic E-state index is 0.155. The van der Waals surface area contributed by atoms with Crippen molar-refractivity contribution in [1.82, 2.24) is 9.78 Å². The molecule has 1 amide bonds. The number of anilines is 1. The summed E-state index contributed by atoms with van der Waals surface area (Å²) in [4.78, 5) is 11.6. The van der Waals surface area contributed by atoms with Gasteiger partial charge in [-0.3, -0.25) is 9.48 Å². The maximum Gasteiger partial charge on any atom is 0.241 e. The van der Waals surface area contributed by atoms with E-state index in [2.05, 4.69) is 10.4 Å². The molecule has 0 saturated carbocycles. The van der Waals surface area contributed by atoms with Gasteiger partial charge in [-0.15, -0.1) is 0 Å². The number of hydrogen-bond donors (Lipinski definition) is 2. The first-order chi connectivity index (χ1) is 7.04. The van der Waals surface area contributed by atoms with Crippen molar-refractivity contribution in [2.24, 2.45) is 18.7 Å². The Morgan fingerprint density at radius 1 is 1.73 bits per heavy atom. The van der Waals surface area contributed by atoms with Gasteiger partial charge in [0, 0.05) is 13.2 Å². The quantitative estimate of drug-likeness (QED) is 0.769. The molecule has 0 aromatic carbocycles. The Labute approximate surface area is 89.6 Å². The molecule has 1 aromatic heterocycles. The van der Waals surface area contributed by atoms with Gasteiger partial charge < -0.3 is 11.1 Å². The van der Waals surface area contributed by atoms with Gasteiger partial charge in [-0.25, -0.2) is 0 Å². The zero-order valence-corrected chi connectivity index (χ0v) is 9.40. The average Bonchev–Trinajstić information content (AvgIpc) is 2.61. The van der Waals surface area contributed by atoms with E-state index in [1.54, 1.807) is 24.1 Å². The first-order valence-corrected chi connectivity index (χ1v) is 5.09. The second-order valence-electron chi connectivity index (χ2n) is 3.80. The summed E-state index contributed by atoms with van der Waals surface area (Å²) in [7, 11) is 1.80. The van der Waals surface area contributed by atoms with Gasteiger partial charge in [-0.1, -0.05) is 20.3 Å². The SMILES string of the molecule is CC[C@H](C)[C@H](N)C(=O)Nc1cnn(C)c1. The third-order valence-electron chi connectivity index (χ3n) is 2.53. The van der Waals surface area contributed by atoms with Crippen LogP contribution in [0.2, 0.25) is 0 Å². The van der Waals surface area contributed by atoms with Crippen molar-refractivity contribution >= 4 is 11.6 Å². The molecule has 0 aliphatic carbocycles. The van der Waals surface area contributed by atoms with Crippen molar-refractivity contribution in [2.45, 2.75) is 26.3 Å². The largest absolute Gasteiger partial charge is 0.322 e. The molecule has 0 unspecified atom stereocenters. The van der Waals surface area contributed by atoms with E-state index in [0.717, 1.165) is 6.42 Å². The van der Waals surface area contributed by atoms with Crippen LogP contribution in [0.5, 0.6) is 0 Å². The van der Waals surface area contributed by atoms with Gasteiger partial charge in [0.05, 0.1) is 17.9 Å². The molecule has 0 bridgehead atoms. The van der Waals surface area contributed by atoms with Crippen LogP contribution < -0.4 is 11.1 Å². The second-order valence-corrected chi connectivity index (χ2v) is 3.80. The molecule has 0 fully saturated rings. The summed E-state index contributed by atoms with van der Waals surface area (Å²) < 4.78 is 1.63. The summed E-state index contributed by atoms with van der Waals surface area (Å²) in [6, 6.07) is -0.463. The highest BCUT2D eigenvalue weighted by Gasteiger charge is 2.19. The highest BCUT2D eigenvalue weighted by molar-refractivity contribution is 5.94. The summed E-state index contributed by atoms with van der Waals surface area (Å²) in [5.41, 5.74) is 6.47. The molecule has 84 valence electrons. The summed E-state index contributed by atoms with van der Waals surface area (Å²) >= 11 is 0.